The number of amides is 1. The first-order valence-electron chi connectivity index (χ1n) is 8.68. The van der Waals surface area contributed by atoms with Crippen LogP contribution in [0.4, 0.5) is 0 Å². The van der Waals surface area contributed by atoms with E-state index in [2.05, 4.69) is 31.0 Å². The maximum atomic E-state index is 12.6. The van der Waals surface area contributed by atoms with Gasteiger partial charge in [0.25, 0.3) is 0 Å². The first-order valence-corrected chi connectivity index (χ1v) is 8.68. The molecule has 116 valence electrons. The number of nitrogens with one attached hydrogen (secondary N) is 1. The Hall–Kier alpha value is -0.570. The molecule has 1 heterocycles. The van der Waals surface area contributed by atoms with Crippen LogP contribution < -0.4 is 5.32 Å². The van der Waals surface area contributed by atoms with Crippen LogP contribution in [0.15, 0.2) is 0 Å². The molecule has 1 N–H and O–H groups in total. The number of rotatable bonds is 9. The van der Waals surface area contributed by atoms with Gasteiger partial charge in [-0.25, -0.2) is 0 Å². The molecule has 1 saturated carbocycles. The first kappa shape index (κ1) is 15.8. The van der Waals surface area contributed by atoms with Crippen molar-refractivity contribution in [3.63, 3.8) is 0 Å². The molecule has 2 rings (SSSR count). The Morgan fingerprint density at radius 3 is 2.60 bits per heavy atom. The number of carbonyl (C=O) groups is 1. The molecule has 1 amide bonds. The molecule has 1 aliphatic carbocycles. The number of hydrogen-bond acceptors (Lipinski definition) is 2. The van der Waals surface area contributed by atoms with Gasteiger partial charge < -0.3 is 4.90 Å². The van der Waals surface area contributed by atoms with E-state index in [0.717, 1.165) is 31.7 Å². The van der Waals surface area contributed by atoms with Gasteiger partial charge in [-0.3, -0.25) is 10.1 Å². The van der Waals surface area contributed by atoms with Crippen molar-refractivity contribution in [1.82, 2.24) is 10.2 Å². The quantitative estimate of drug-likeness (QED) is 0.700. The van der Waals surface area contributed by atoms with E-state index in [1.54, 1.807) is 0 Å². The minimum Gasteiger partial charge on any atom is -0.326 e. The standard InChI is InChI=1S/C17H32N2O/c1-4-5-8-15-17(20)19(11-6-7-14-9-10-14)16(18-15)12-13(2)3/h13-16,18H,4-12H2,1-3H3. The lowest BCUT2D eigenvalue weighted by Gasteiger charge is -2.25. The average Bonchev–Trinajstić information content (AvgIpc) is 3.16. The molecule has 20 heavy (non-hydrogen) atoms. The van der Waals surface area contributed by atoms with E-state index in [4.69, 9.17) is 0 Å². The monoisotopic (exact) mass is 280 g/mol. The van der Waals surface area contributed by atoms with Crippen molar-refractivity contribution in [3.05, 3.63) is 0 Å². The maximum Gasteiger partial charge on any atom is 0.241 e. The Kier molecular flexibility index (Phi) is 5.88. The maximum absolute atomic E-state index is 12.6. The van der Waals surface area contributed by atoms with Crippen LogP contribution in [0.5, 0.6) is 0 Å². The minimum atomic E-state index is 0.0830. The Morgan fingerprint density at radius 1 is 1.25 bits per heavy atom. The predicted octanol–water partition coefficient (Wildman–Crippen LogP) is 3.54. The van der Waals surface area contributed by atoms with Gasteiger partial charge in [0.05, 0.1) is 12.2 Å². The van der Waals surface area contributed by atoms with Crippen molar-refractivity contribution in [1.29, 1.82) is 0 Å². The van der Waals surface area contributed by atoms with E-state index in [0.29, 0.717) is 11.8 Å². The van der Waals surface area contributed by atoms with Crippen LogP contribution in [0.25, 0.3) is 0 Å². The molecular weight excluding hydrogens is 248 g/mol. The topological polar surface area (TPSA) is 32.3 Å². The Bertz CT molecular complexity index is 312. The van der Waals surface area contributed by atoms with Gasteiger partial charge in [0.2, 0.25) is 5.91 Å². The van der Waals surface area contributed by atoms with Gasteiger partial charge >= 0.3 is 0 Å². The molecule has 2 fully saturated rings. The van der Waals surface area contributed by atoms with Gasteiger partial charge in [0.1, 0.15) is 0 Å². The van der Waals surface area contributed by atoms with Gasteiger partial charge in [-0.05, 0) is 37.5 Å². The summed E-state index contributed by atoms with van der Waals surface area (Å²) in [6, 6.07) is 0.0830. The SMILES string of the molecule is CCCCC1NC(CC(C)C)N(CCCC2CC2)C1=O. The van der Waals surface area contributed by atoms with Gasteiger partial charge in [-0.1, -0.05) is 46.5 Å². The summed E-state index contributed by atoms with van der Waals surface area (Å²) in [4.78, 5) is 14.7. The average molecular weight is 280 g/mol. The van der Waals surface area contributed by atoms with Crippen LogP contribution in [0.3, 0.4) is 0 Å². The van der Waals surface area contributed by atoms with Crippen molar-refractivity contribution in [3.8, 4) is 0 Å². The summed E-state index contributed by atoms with van der Waals surface area (Å²) in [6.07, 6.45) is 10.0. The lowest BCUT2D eigenvalue weighted by molar-refractivity contribution is -0.130. The van der Waals surface area contributed by atoms with Crippen molar-refractivity contribution >= 4 is 5.91 Å². The molecule has 1 aliphatic heterocycles. The van der Waals surface area contributed by atoms with E-state index in [1.807, 2.05) is 0 Å². The molecule has 2 aliphatic rings. The number of nitrogens with zero attached hydrogens (tertiary/aromatic N) is 1. The second-order valence-electron chi connectivity index (χ2n) is 7.12. The highest BCUT2D eigenvalue weighted by molar-refractivity contribution is 5.84. The van der Waals surface area contributed by atoms with Crippen LogP contribution in [-0.4, -0.2) is 29.6 Å². The Balaban J connectivity index is 1.86. The number of unbranched alkanes of at least 4 members (excludes halogenated alkanes) is 1. The summed E-state index contributed by atoms with van der Waals surface area (Å²) in [5.74, 6) is 1.97. The zero-order chi connectivity index (χ0) is 14.5. The van der Waals surface area contributed by atoms with Crippen molar-refractivity contribution < 1.29 is 4.79 Å². The molecule has 1 saturated heterocycles. The molecule has 0 spiro atoms. The third kappa shape index (κ3) is 4.47. The van der Waals surface area contributed by atoms with Crippen LogP contribution in [-0.2, 0) is 4.79 Å². The fourth-order valence-electron chi connectivity index (χ4n) is 3.23. The Morgan fingerprint density at radius 2 is 2.00 bits per heavy atom. The van der Waals surface area contributed by atoms with Crippen molar-refractivity contribution in [2.75, 3.05) is 6.54 Å². The van der Waals surface area contributed by atoms with E-state index in [1.165, 1.54) is 32.1 Å². The molecular formula is C17H32N2O. The summed E-state index contributed by atoms with van der Waals surface area (Å²) in [6.45, 7) is 7.64. The molecule has 0 aromatic carbocycles. The molecule has 0 bridgehead atoms. The van der Waals surface area contributed by atoms with Crippen LogP contribution in [0.1, 0.15) is 72.1 Å². The summed E-state index contributed by atoms with van der Waals surface area (Å²) in [7, 11) is 0. The van der Waals surface area contributed by atoms with E-state index < -0.39 is 0 Å². The van der Waals surface area contributed by atoms with E-state index in [9.17, 15) is 4.79 Å². The van der Waals surface area contributed by atoms with E-state index in [-0.39, 0.29) is 12.2 Å². The van der Waals surface area contributed by atoms with Gasteiger partial charge in [-0.15, -0.1) is 0 Å². The van der Waals surface area contributed by atoms with Gasteiger partial charge in [-0.2, -0.15) is 0 Å². The fraction of sp³-hybridized carbons (Fsp3) is 0.941. The summed E-state index contributed by atoms with van der Waals surface area (Å²) >= 11 is 0. The van der Waals surface area contributed by atoms with Gasteiger partial charge in [0, 0.05) is 6.54 Å². The summed E-state index contributed by atoms with van der Waals surface area (Å²) in [5, 5.41) is 3.59. The second kappa shape index (κ2) is 7.44. The number of hydrogen-bond donors (Lipinski definition) is 1. The lowest BCUT2D eigenvalue weighted by Crippen LogP contribution is -2.39. The molecule has 3 nitrogen and oxygen atoms in total. The molecule has 0 radical (unpaired) electrons. The van der Waals surface area contributed by atoms with Crippen molar-refractivity contribution in [2.45, 2.75) is 84.3 Å². The predicted molar refractivity (Wildman–Crippen MR) is 83.4 cm³/mol. The smallest absolute Gasteiger partial charge is 0.241 e. The highest BCUT2D eigenvalue weighted by atomic mass is 16.2. The second-order valence-corrected chi connectivity index (χ2v) is 7.12. The normalized spacial score (nSPS) is 26.8. The Labute approximate surface area is 124 Å². The number of carbonyl (C=O) groups excluding carboxylic acids is 1. The zero-order valence-corrected chi connectivity index (χ0v) is 13.5. The summed E-state index contributed by atoms with van der Waals surface area (Å²) < 4.78 is 0. The fourth-order valence-corrected chi connectivity index (χ4v) is 3.23. The van der Waals surface area contributed by atoms with Crippen LogP contribution >= 0.6 is 0 Å². The zero-order valence-electron chi connectivity index (χ0n) is 13.5. The molecule has 2 atom stereocenters. The minimum absolute atomic E-state index is 0.0830. The highest BCUT2D eigenvalue weighted by Gasteiger charge is 2.38. The van der Waals surface area contributed by atoms with Crippen molar-refractivity contribution in [2.24, 2.45) is 11.8 Å². The van der Waals surface area contributed by atoms with Gasteiger partial charge in [0.15, 0.2) is 0 Å². The molecule has 0 aromatic rings. The lowest BCUT2D eigenvalue weighted by atomic mass is 10.1. The highest BCUT2D eigenvalue weighted by Crippen LogP contribution is 2.33. The molecule has 0 aromatic heterocycles. The van der Waals surface area contributed by atoms with E-state index >= 15 is 0 Å². The summed E-state index contributed by atoms with van der Waals surface area (Å²) in [5.41, 5.74) is 0. The van der Waals surface area contributed by atoms with Crippen LogP contribution in [0, 0.1) is 11.8 Å². The molecule has 3 heteroatoms. The largest absolute Gasteiger partial charge is 0.326 e. The first-order chi connectivity index (χ1) is 9.61. The third-order valence-corrected chi connectivity index (χ3v) is 4.60. The molecule has 2 unspecified atom stereocenters. The van der Waals surface area contributed by atoms with Crippen LogP contribution in [0.2, 0.25) is 0 Å². The third-order valence-electron chi connectivity index (χ3n) is 4.60.